The Hall–Kier alpha value is -4.01. The van der Waals surface area contributed by atoms with Crippen molar-refractivity contribution in [3.8, 4) is 5.75 Å². The van der Waals surface area contributed by atoms with Gasteiger partial charge in [-0.15, -0.1) is 11.3 Å². The fraction of sp³-hybridized carbons (Fsp3) is 0.361. The first-order valence-corrected chi connectivity index (χ1v) is 15.8. The molecule has 0 radical (unpaired) electrons. The summed E-state index contributed by atoms with van der Waals surface area (Å²) in [5, 5.41) is 8.98. The van der Waals surface area contributed by atoms with Gasteiger partial charge in [-0.05, 0) is 75.0 Å². The number of amides is 2. The summed E-state index contributed by atoms with van der Waals surface area (Å²) in [7, 11) is 3.50. The summed E-state index contributed by atoms with van der Waals surface area (Å²) < 4.78 is 5.33. The van der Waals surface area contributed by atoms with Crippen molar-refractivity contribution in [2.75, 3.05) is 27.2 Å². The topological polar surface area (TPSA) is 83.6 Å². The van der Waals surface area contributed by atoms with Crippen molar-refractivity contribution in [3.05, 3.63) is 117 Å². The Morgan fingerprint density at radius 3 is 2.27 bits per heavy atom. The van der Waals surface area contributed by atoms with Gasteiger partial charge in [0.25, 0.3) is 5.91 Å². The maximum Gasteiger partial charge on any atom is 0.253 e. The molecule has 44 heavy (non-hydrogen) atoms. The Kier molecular flexibility index (Phi) is 16.5. The molecule has 0 aliphatic carbocycles. The number of nitrogens with one attached hydrogen (secondary N) is 2. The summed E-state index contributed by atoms with van der Waals surface area (Å²) in [4.78, 5) is 28.4. The van der Waals surface area contributed by atoms with Crippen LogP contribution in [0.1, 0.15) is 69.5 Å². The largest absolute Gasteiger partial charge is 0.497 e. The molecule has 0 spiro atoms. The standard InChI is InChI=1S/C15H24N2O2.C14H16N2OS.C7H8/c1-12(2)14-7-13(8-15(9-14)19-3)10-16-5-4-6-17-11-18;1-10-5-4-6-12(7-10)14(17)16(3)8-13-15-11(2)9-18-13;1-7-5-3-2-4-6-7/h7-9,11-12,16H,4-6,10H2,1-3H3,(H,17,18);4-7,9H,8H2,1-3H3;2-6H,1H3. The van der Waals surface area contributed by atoms with Gasteiger partial charge in [-0.25, -0.2) is 4.98 Å². The van der Waals surface area contributed by atoms with Crippen molar-refractivity contribution >= 4 is 23.7 Å². The molecule has 4 aromatic rings. The first-order valence-electron chi connectivity index (χ1n) is 14.9. The Morgan fingerprint density at radius 2 is 1.70 bits per heavy atom. The van der Waals surface area contributed by atoms with Crippen LogP contribution in [0, 0.1) is 20.8 Å². The number of rotatable bonds is 12. The summed E-state index contributed by atoms with van der Waals surface area (Å²) in [6, 6.07) is 24.3. The molecule has 1 heterocycles. The molecule has 3 aromatic carbocycles. The summed E-state index contributed by atoms with van der Waals surface area (Å²) >= 11 is 1.59. The predicted molar refractivity (Wildman–Crippen MR) is 182 cm³/mol. The zero-order chi connectivity index (χ0) is 32.3. The normalized spacial score (nSPS) is 10.2. The molecule has 2 amide bonds. The minimum absolute atomic E-state index is 0.0338. The fourth-order valence-electron chi connectivity index (χ4n) is 4.13. The van der Waals surface area contributed by atoms with Crippen molar-refractivity contribution < 1.29 is 14.3 Å². The summed E-state index contributed by atoms with van der Waals surface area (Å²) in [5.74, 6) is 1.43. The summed E-state index contributed by atoms with van der Waals surface area (Å²) in [5.41, 5.74) is 6.67. The third kappa shape index (κ3) is 14.0. The SMILES string of the molecule is COc1cc(CNCCCNC=O)cc(C(C)C)c1.Cc1cccc(C(=O)N(C)Cc2nc(C)cs2)c1.Cc1ccccc1. The lowest BCUT2D eigenvalue weighted by Gasteiger charge is -2.15. The van der Waals surface area contributed by atoms with Gasteiger partial charge in [0, 0.05) is 36.8 Å². The van der Waals surface area contributed by atoms with Gasteiger partial charge < -0.3 is 20.3 Å². The van der Waals surface area contributed by atoms with Crippen LogP contribution in [-0.2, 0) is 17.9 Å². The quantitative estimate of drug-likeness (QED) is 0.131. The van der Waals surface area contributed by atoms with Crippen molar-refractivity contribution in [3.63, 3.8) is 0 Å². The number of hydrogen-bond acceptors (Lipinski definition) is 6. The van der Waals surface area contributed by atoms with E-state index in [1.165, 1.54) is 16.7 Å². The van der Waals surface area contributed by atoms with Crippen LogP contribution < -0.4 is 15.4 Å². The Morgan fingerprint density at radius 1 is 0.977 bits per heavy atom. The predicted octanol–water partition coefficient (Wildman–Crippen LogP) is 7.07. The molecule has 1 aromatic heterocycles. The number of aromatic nitrogens is 1. The lowest BCUT2D eigenvalue weighted by atomic mass is 10.0. The van der Waals surface area contributed by atoms with Crippen LogP contribution >= 0.6 is 11.3 Å². The lowest BCUT2D eigenvalue weighted by Crippen LogP contribution is -2.26. The molecule has 4 rings (SSSR count). The number of nitrogens with zero attached hydrogens (tertiary/aromatic N) is 2. The molecule has 8 heteroatoms. The molecule has 2 N–H and O–H groups in total. The lowest BCUT2D eigenvalue weighted by molar-refractivity contribution is -0.109. The molecule has 0 unspecified atom stereocenters. The average molecular weight is 617 g/mol. The number of carbonyl (C=O) groups excluding carboxylic acids is 2. The molecular weight excluding hydrogens is 568 g/mol. The monoisotopic (exact) mass is 616 g/mol. The van der Waals surface area contributed by atoms with E-state index in [9.17, 15) is 9.59 Å². The van der Waals surface area contributed by atoms with E-state index in [0.717, 1.165) is 53.5 Å². The highest BCUT2D eigenvalue weighted by Gasteiger charge is 2.13. The molecule has 236 valence electrons. The maximum atomic E-state index is 12.2. The van der Waals surface area contributed by atoms with E-state index in [0.29, 0.717) is 19.0 Å². The smallest absolute Gasteiger partial charge is 0.253 e. The number of benzene rings is 3. The number of thiazole rings is 1. The highest BCUT2D eigenvalue weighted by Crippen LogP contribution is 2.23. The van der Waals surface area contributed by atoms with E-state index >= 15 is 0 Å². The van der Waals surface area contributed by atoms with Gasteiger partial charge in [0.1, 0.15) is 10.8 Å². The third-order valence-corrected chi connectivity index (χ3v) is 7.52. The van der Waals surface area contributed by atoms with Crippen LogP contribution in [-0.4, -0.2) is 49.4 Å². The van der Waals surface area contributed by atoms with Gasteiger partial charge in [-0.1, -0.05) is 73.5 Å². The number of methoxy groups -OCH3 is 1. The van der Waals surface area contributed by atoms with Crippen molar-refractivity contribution in [1.29, 1.82) is 0 Å². The second-order valence-corrected chi connectivity index (χ2v) is 11.9. The Bertz CT molecular complexity index is 1410. The molecular formula is C36H48N4O3S. The van der Waals surface area contributed by atoms with Gasteiger partial charge in [0.15, 0.2) is 0 Å². The molecule has 7 nitrogen and oxygen atoms in total. The van der Waals surface area contributed by atoms with Crippen molar-refractivity contribution in [1.82, 2.24) is 20.5 Å². The molecule has 0 atom stereocenters. The maximum absolute atomic E-state index is 12.2. The molecule has 0 aliphatic rings. The summed E-state index contributed by atoms with van der Waals surface area (Å²) in [6.45, 7) is 13.4. The van der Waals surface area contributed by atoms with Crippen molar-refractivity contribution in [2.45, 2.75) is 60.0 Å². The average Bonchev–Trinajstić information content (AvgIpc) is 3.43. The summed E-state index contributed by atoms with van der Waals surface area (Å²) in [6.07, 6.45) is 1.66. The Labute approximate surface area is 267 Å². The van der Waals surface area contributed by atoms with E-state index in [-0.39, 0.29) is 5.91 Å². The van der Waals surface area contributed by atoms with Gasteiger partial charge in [-0.2, -0.15) is 0 Å². The van der Waals surface area contributed by atoms with Crippen LogP contribution in [0.2, 0.25) is 0 Å². The molecule has 0 aliphatic heterocycles. The fourth-order valence-corrected chi connectivity index (χ4v) is 4.95. The minimum Gasteiger partial charge on any atom is -0.497 e. The second kappa shape index (κ2) is 20.0. The number of carbonyl (C=O) groups is 2. The number of ether oxygens (including phenoxy) is 1. The van der Waals surface area contributed by atoms with Gasteiger partial charge in [-0.3, -0.25) is 9.59 Å². The van der Waals surface area contributed by atoms with Gasteiger partial charge in [0.2, 0.25) is 6.41 Å². The van der Waals surface area contributed by atoms with Crippen LogP contribution in [0.5, 0.6) is 5.75 Å². The first kappa shape index (κ1) is 36.2. The van der Waals surface area contributed by atoms with Crippen LogP contribution in [0.4, 0.5) is 0 Å². The third-order valence-electron chi connectivity index (χ3n) is 6.57. The van der Waals surface area contributed by atoms with Crippen molar-refractivity contribution in [2.24, 2.45) is 0 Å². The van der Waals surface area contributed by atoms with E-state index in [1.54, 1.807) is 30.4 Å². The van der Waals surface area contributed by atoms with Crippen LogP contribution in [0.3, 0.4) is 0 Å². The van der Waals surface area contributed by atoms with Crippen LogP contribution in [0.25, 0.3) is 0 Å². The number of hydrogen-bond donors (Lipinski definition) is 2. The van der Waals surface area contributed by atoms with Crippen LogP contribution in [0.15, 0.2) is 78.2 Å². The van der Waals surface area contributed by atoms with Gasteiger partial charge >= 0.3 is 0 Å². The highest BCUT2D eigenvalue weighted by molar-refractivity contribution is 7.09. The minimum atomic E-state index is 0.0338. The first-order chi connectivity index (χ1) is 21.1. The van der Waals surface area contributed by atoms with E-state index in [2.05, 4.69) is 66.7 Å². The zero-order valence-electron chi connectivity index (χ0n) is 27.2. The molecule has 0 bridgehead atoms. The van der Waals surface area contributed by atoms with E-state index in [4.69, 9.17) is 4.74 Å². The van der Waals surface area contributed by atoms with E-state index in [1.807, 2.05) is 61.7 Å². The highest BCUT2D eigenvalue weighted by atomic mass is 32.1. The van der Waals surface area contributed by atoms with E-state index < -0.39 is 0 Å². The number of aryl methyl sites for hydroxylation is 3. The zero-order valence-corrected chi connectivity index (χ0v) is 28.0. The second-order valence-electron chi connectivity index (χ2n) is 10.9. The Balaban J connectivity index is 0.000000252. The van der Waals surface area contributed by atoms with Gasteiger partial charge in [0.05, 0.1) is 13.7 Å². The molecule has 0 saturated heterocycles. The molecule has 0 fully saturated rings. The molecule has 0 saturated carbocycles.